The van der Waals surface area contributed by atoms with Crippen LogP contribution in [0.3, 0.4) is 0 Å². The highest BCUT2D eigenvalue weighted by Crippen LogP contribution is 2.27. The normalized spacial score (nSPS) is 11.2. The topological polar surface area (TPSA) is 109 Å². The number of nitrogens with zero attached hydrogens (tertiary/aromatic N) is 1. The Bertz CT molecular complexity index is 1820. The number of carbonyl (C=O) groups is 3. The van der Waals surface area contributed by atoms with Crippen LogP contribution in [0.1, 0.15) is 28.4 Å². The summed E-state index contributed by atoms with van der Waals surface area (Å²) in [4.78, 5) is 44.3. The van der Waals surface area contributed by atoms with E-state index >= 15 is 0 Å². The predicted octanol–water partition coefficient (Wildman–Crippen LogP) is 7.14. The van der Waals surface area contributed by atoms with Gasteiger partial charge in [0.15, 0.2) is 5.13 Å². The van der Waals surface area contributed by atoms with E-state index in [1.807, 2.05) is 68.4 Å². The number of ether oxygens (including phenoxy) is 1. The zero-order valence-corrected chi connectivity index (χ0v) is 25.8. The monoisotopic (exact) mass is 622 g/mol. The van der Waals surface area contributed by atoms with E-state index in [9.17, 15) is 14.4 Å². The van der Waals surface area contributed by atoms with Gasteiger partial charge in [-0.3, -0.25) is 14.4 Å². The van der Waals surface area contributed by atoms with Gasteiger partial charge >= 0.3 is 0 Å². The van der Waals surface area contributed by atoms with Crippen molar-refractivity contribution < 1.29 is 19.1 Å². The SMILES string of the molecule is CCOc1ccccc1/C=C(\NC(=O)c1ccccc1)C(=O)Nc1ccc(SCC(=O)Nc2nc3ccc(C)cc3s2)cc1. The van der Waals surface area contributed by atoms with Crippen molar-refractivity contribution in [1.82, 2.24) is 10.3 Å². The van der Waals surface area contributed by atoms with Crippen molar-refractivity contribution in [2.24, 2.45) is 0 Å². The van der Waals surface area contributed by atoms with Crippen LogP contribution in [0.25, 0.3) is 16.3 Å². The zero-order chi connectivity index (χ0) is 30.9. The Hall–Kier alpha value is -4.93. The number of rotatable bonds is 11. The first kappa shape index (κ1) is 30.5. The number of aryl methyl sites for hydroxylation is 1. The van der Waals surface area contributed by atoms with Crippen molar-refractivity contribution in [2.75, 3.05) is 23.0 Å². The Morgan fingerprint density at radius 3 is 2.43 bits per heavy atom. The number of para-hydroxylation sites is 1. The summed E-state index contributed by atoms with van der Waals surface area (Å²) >= 11 is 2.82. The van der Waals surface area contributed by atoms with Crippen LogP contribution in [0.15, 0.2) is 108 Å². The number of fused-ring (bicyclic) bond motifs is 1. The number of carbonyl (C=O) groups excluding carboxylic acids is 3. The molecule has 5 aromatic rings. The van der Waals surface area contributed by atoms with Crippen LogP contribution in [0, 0.1) is 6.92 Å². The van der Waals surface area contributed by atoms with Crippen molar-refractivity contribution in [3.05, 3.63) is 119 Å². The molecule has 3 N–H and O–H groups in total. The third-order valence-electron chi connectivity index (χ3n) is 6.32. The molecule has 0 radical (unpaired) electrons. The van der Waals surface area contributed by atoms with Gasteiger partial charge in [0.05, 0.1) is 22.6 Å². The van der Waals surface area contributed by atoms with E-state index in [0.717, 1.165) is 20.7 Å². The lowest BCUT2D eigenvalue weighted by Crippen LogP contribution is -2.30. The molecule has 0 bridgehead atoms. The molecule has 0 spiro atoms. The molecule has 0 unspecified atom stereocenters. The van der Waals surface area contributed by atoms with Gasteiger partial charge in [-0.15, -0.1) is 11.8 Å². The van der Waals surface area contributed by atoms with Gasteiger partial charge in [0.25, 0.3) is 11.8 Å². The summed E-state index contributed by atoms with van der Waals surface area (Å²) in [7, 11) is 0. The third-order valence-corrected chi connectivity index (χ3v) is 8.27. The number of thioether (sulfide) groups is 1. The molecule has 10 heteroatoms. The highest BCUT2D eigenvalue weighted by Gasteiger charge is 2.16. The summed E-state index contributed by atoms with van der Waals surface area (Å²) in [6.07, 6.45) is 1.59. The van der Waals surface area contributed by atoms with Gasteiger partial charge in [-0.05, 0) is 80.1 Å². The first-order valence-corrected chi connectivity index (χ1v) is 15.7. The molecule has 1 aromatic heterocycles. The molecule has 0 aliphatic carbocycles. The maximum atomic E-state index is 13.4. The molecule has 0 aliphatic heterocycles. The molecule has 0 fully saturated rings. The van der Waals surface area contributed by atoms with Crippen LogP contribution >= 0.6 is 23.1 Å². The standard InChI is InChI=1S/C34H30N4O4S2/c1-3-42-29-12-8-7-11-24(29)20-28(36-32(40)23-9-5-4-6-10-23)33(41)35-25-14-16-26(17-15-25)43-21-31(39)38-34-37-27-18-13-22(2)19-30(27)44-34/h4-20H,3,21H2,1-2H3,(H,35,41)(H,36,40)(H,37,38,39)/b28-20-. The lowest BCUT2D eigenvalue weighted by molar-refractivity contribution is -0.114. The second-order valence-electron chi connectivity index (χ2n) is 9.65. The van der Waals surface area contributed by atoms with Crippen molar-refractivity contribution in [1.29, 1.82) is 0 Å². The first-order chi connectivity index (χ1) is 21.4. The van der Waals surface area contributed by atoms with Gasteiger partial charge in [-0.2, -0.15) is 0 Å². The second kappa shape index (κ2) is 14.5. The maximum Gasteiger partial charge on any atom is 0.272 e. The number of hydrogen-bond acceptors (Lipinski definition) is 7. The van der Waals surface area contributed by atoms with E-state index in [1.54, 1.807) is 48.5 Å². The average Bonchev–Trinajstić information content (AvgIpc) is 3.43. The number of anilines is 2. The van der Waals surface area contributed by atoms with Crippen LogP contribution in [-0.4, -0.2) is 35.1 Å². The van der Waals surface area contributed by atoms with Gasteiger partial charge in [-0.25, -0.2) is 4.98 Å². The van der Waals surface area contributed by atoms with Gasteiger partial charge in [-0.1, -0.05) is 53.8 Å². The molecule has 5 rings (SSSR count). The van der Waals surface area contributed by atoms with E-state index in [0.29, 0.717) is 34.3 Å². The minimum atomic E-state index is -0.494. The largest absolute Gasteiger partial charge is 0.493 e. The molecular formula is C34H30N4O4S2. The van der Waals surface area contributed by atoms with E-state index in [4.69, 9.17) is 4.74 Å². The molecule has 0 saturated carbocycles. The lowest BCUT2D eigenvalue weighted by Gasteiger charge is -2.13. The number of amides is 3. The molecule has 222 valence electrons. The van der Waals surface area contributed by atoms with Crippen molar-refractivity contribution in [2.45, 2.75) is 18.7 Å². The zero-order valence-electron chi connectivity index (χ0n) is 24.1. The Morgan fingerprint density at radius 1 is 0.909 bits per heavy atom. The third kappa shape index (κ3) is 8.12. The van der Waals surface area contributed by atoms with Gasteiger partial charge < -0.3 is 20.7 Å². The van der Waals surface area contributed by atoms with Crippen molar-refractivity contribution in [3.63, 3.8) is 0 Å². The average molecular weight is 623 g/mol. The summed E-state index contributed by atoms with van der Waals surface area (Å²) in [6.45, 7) is 4.35. The molecule has 3 amide bonds. The Labute approximate surface area is 263 Å². The smallest absolute Gasteiger partial charge is 0.272 e. The molecule has 1 heterocycles. The molecular weight excluding hydrogens is 593 g/mol. The Morgan fingerprint density at radius 2 is 1.66 bits per heavy atom. The molecule has 44 heavy (non-hydrogen) atoms. The lowest BCUT2D eigenvalue weighted by atomic mass is 10.1. The summed E-state index contributed by atoms with van der Waals surface area (Å²) in [5.74, 6) is -0.256. The van der Waals surface area contributed by atoms with Crippen LogP contribution in [0.5, 0.6) is 5.75 Å². The number of thiazole rings is 1. The fraction of sp³-hybridized carbons (Fsp3) is 0.118. The highest BCUT2D eigenvalue weighted by atomic mass is 32.2. The summed E-state index contributed by atoms with van der Waals surface area (Å²) in [5.41, 5.74) is 3.67. The van der Waals surface area contributed by atoms with Crippen LogP contribution in [-0.2, 0) is 9.59 Å². The van der Waals surface area contributed by atoms with E-state index in [1.165, 1.54) is 23.1 Å². The first-order valence-electron chi connectivity index (χ1n) is 13.9. The van der Waals surface area contributed by atoms with E-state index in [2.05, 4.69) is 20.9 Å². The van der Waals surface area contributed by atoms with Crippen LogP contribution in [0.2, 0.25) is 0 Å². The fourth-order valence-electron chi connectivity index (χ4n) is 4.21. The van der Waals surface area contributed by atoms with Crippen LogP contribution in [0.4, 0.5) is 10.8 Å². The minimum Gasteiger partial charge on any atom is -0.493 e. The number of hydrogen-bond donors (Lipinski definition) is 3. The van der Waals surface area contributed by atoms with Gasteiger partial charge in [0.1, 0.15) is 11.4 Å². The fourth-order valence-corrected chi connectivity index (χ4v) is 5.89. The quantitative estimate of drug-likeness (QED) is 0.107. The number of benzene rings is 4. The second-order valence-corrected chi connectivity index (χ2v) is 11.7. The Kier molecular flexibility index (Phi) is 10.1. The van der Waals surface area contributed by atoms with Gasteiger partial charge in [0.2, 0.25) is 5.91 Å². The van der Waals surface area contributed by atoms with E-state index in [-0.39, 0.29) is 17.4 Å². The highest BCUT2D eigenvalue weighted by molar-refractivity contribution is 8.00. The molecule has 8 nitrogen and oxygen atoms in total. The van der Waals surface area contributed by atoms with Crippen LogP contribution < -0.4 is 20.7 Å². The summed E-state index contributed by atoms with van der Waals surface area (Å²) < 4.78 is 6.74. The molecule has 4 aromatic carbocycles. The van der Waals surface area contributed by atoms with Crippen molar-refractivity contribution >= 4 is 67.9 Å². The summed E-state index contributed by atoms with van der Waals surface area (Å²) in [5, 5.41) is 9.04. The molecule has 0 atom stereocenters. The number of aromatic nitrogens is 1. The number of nitrogens with one attached hydrogen (secondary N) is 3. The Balaban J connectivity index is 1.23. The van der Waals surface area contributed by atoms with Crippen molar-refractivity contribution in [3.8, 4) is 5.75 Å². The minimum absolute atomic E-state index is 0.0612. The van der Waals surface area contributed by atoms with E-state index < -0.39 is 11.8 Å². The van der Waals surface area contributed by atoms with Gasteiger partial charge in [0, 0.05) is 21.7 Å². The predicted molar refractivity (Wildman–Crippen MR) is 178 cm³/mol. The summed E-state index contributed by atoms with van der Waals surface area (Å²) in [6, 6.07) is 29.1. The molecule has 0 saturated heterocycles. The maximum absolute atomic E-state index is 13.4. The molecule has 0 aliphatic rings.